The zero-order valence-corrected chi connectivity index (χ0v) is 21.6. The number of Topliss-reactive ketones (excluding diaryl/α,β-unsaturated/α-hetero) is 1. The first-order chi connectivity index (χ1) is 19.0. The Morgan fingerprint density at radius 2 is 1.00 bits per heavy atom. The zero-order chi connectivity index (χ0) is 27.5. The maximum Gasteiger partial charge on any atom is 0.317 e. The van der Waals surface area contributed by atoms with Gasteiger partial charge in [-0.25, -0.2) is 0 Å². The molecule has 0 radical (unpaired) electrons. The molecule has 0 bridgehead atoms. The number of aliphatic carboxylic acids is 1. The van der Waals surface area contributed by atoms with Gasteiger partial charge in [-0.3, -0.25) is 19.3 Å². The lowest BCUT2D eigenvalue weighted by atomic mass is 9.87. The summed E-state index contributed by atoms with van der Waals surface area (Å²) in [6.07, 6.45) is 0.197. The van der Waals surface area contributed by atoms with E-state index in [1.807, 2.05) is 121 Å². The number of benzene rings is 4. The Balaban J connectivity index is 1.47. The molecule has 0 aliphatic rings. The molecule has 198 valence electrons. The Hall–Kier alpha value is -4.55. The number of ketones is 1. The summed E-state index contributed by atoms with van der Waals surface area (Å²) in [5.41, 5.74) is 3.83. The highest BCUT2D eigenvalue weighted by Crippen LogP contribution is 2.28. The highest BCUT2D eigenvalue weighted by molar-refractivity contribution is 5.85. The average Bonchev–Trinajstić information content (AvgIpc) is 2.96. The molecule has 4 aromatic carbocycles. The number of carboxylic acid groups (broad SMARTS) is 1. The largest absolute Gasteiger partial charge is 0.480 e. The van der Waals surface area contributed by atoms with Gasteiger partial charge >= 0.3 is 5.97 Å². The lowest BCUT2D eigenvalue weighted by Gasteiger charge is -2.24. The second kappa shape index (κ2) is 13.8. The van der Waals surface area contributed by atoms with Crippen molar-refractivity contribution in [3.05, 3.63) is 144 Å². The van der Waals surface area contributed by atoms with Crippen LogP contribution in [0.3, 0.4) is 0 Å². The van der Waals surface area contributed by atoms with Crippen LogP contribution in [0.25, 0.3) is 0 Å². The molecule has 0 unspecified atom stereocenters. The Morgan fingerprint density at radius 1 is 0.590 bits per heavy atom. The quantitative estimate of drug-likeness (QED) is 0.257. The van der Waals surface area contributed by atoms with Crippen LogP contribution in [0.2, 0.25) is 0 Å². The van der Waals surface area contributed by atoms with Crippen LogP contribution in [-0.2, 0) is 14.4 Å². The van der Waals surface area contributed by atoms with Crippen LogP contribution in [0.4, 0.5) is 0 Å². The molecule has 0 spiro atoms. The van der Waals surface area contributed by atoms with Crippen LogP contribution in [0, 0.1) is 0 Å². The first-order valence-corrected chi connectivity index (χ1v) is 12.9. The molecule has 4 aromatic rings. The minimum Gasteiger partial charge on any atom is -0.480 e. The molecule has 0 atom stereocenters. The van der Waals surface area contributed by atoms with E-state index in [0.717, 1.165) is 22.3 Å². The zero-order valence-electron chi connectivity index (χ0n) is 21.6. The summed E-state index contributed by atoms with van der Waals surface area (Å²) in [7, 11) is 0. The third-order valence-corrected chi connectivity index (χ3v) is 6.53. The molecule has 6 nitrogen and oxygen atoms in total. The van der Waals surface area contributed by atoms with Crippen LogP contribution in [0.5, 0.6) is 0 Å². The highest BCUT2D eigenvalue weighted by Gasteiger charge is 2.24. The van der Waals surface area contributed by atoms with Crippen molar-refractivity contribution in [2.24, 2.45) is 0 Å². The third-order valence-electron chi connectivity index (χ3n) is 6.53. The molecule has 0 fully saturated rings. The van der Waals surface area contributed by atoms with Gasteiger partial charge in [0.25, 0.3) is 0 Å². The van der Waals surface area contributed by atoms with Gasteiger partial charge in [-0.2, -0.15) is 0 Å². The van der Waals surface area contributed by atoms with Gasteiger partial charge in [0, 0.05) is 12.3 Å². The summed E-state index contributed by atoms with van der Waals surface area (Å²) in [5.74, 6) is -1.75. The maximum atomic E-state index is 13.3. The molecular weight excluding hydrogens is 488 g/mol. The number of carbonyl (C=O) groups is 3. The van der Waals surface area contributed by atoms with Crippen molar-refractivity contribution in [2.75, 3.05) is 19.6 Å². The number of carboxylic acids is 1. The lowest BCUT2D eigenvalue weighted by Crippen LogP contribution is -2.43. The fourth-order valence-corrected chi connectivity index (χ4v) is 4.76. The number of nitrogens with one attached hydrogen (secondary N) is 1. The first kappa shape index (κ1) is 27.5. The van der Waals surface area contributed by atoms with Gasteiger partial charge in [0.05, 0.1) is 25.7 Å². The third kappa shape index (κ3) is 8.22. The molecule has 4 rings (SSSR count). The van der Waals surface area contributed by atoms with Crippen molar-refractivity contribution in [2.45, 2.75) is 18.4 Å². The number of nitrogens with zero attached hydrogens (tertiary/aromatic N) is 1. The number of carbonyl (C=O) groups excluding carboxylic acids is 2. The van der Waals surface area contributed by atoms with Crippen LogP contribution in [-0.4, -0.2) is 47.3 Å². The molecule has 39 heavy (non-hydrogen) atoms. The molecule has 0 saturated heterocycles. The van der Waals surface area contributed by atoms with Crippen LogP contribution >= 0.6 is 0 Å². The van der Waals surface area contributed by atoms with Crippen molar-refractivity contribution >= 4 is 17.7 Å². The molecule has 0 heterocycles. The smallest absolute Gasteiger partial charge is 0.317 e. The molecule has 0 aliphatic carbocycles. The van der Waals surface area contributed by atoms with E-state index in [0.29, 0.717) is 0 Å². The van der Waals surface area contributed by atoms with Crippen LogP contribution in [0.1, 0.15) is 40.6 Å². The average molecular weight is 521 g/mol. The second-order valence-corrected chi connectivity index (χ2v) is 9.48. The van der Waals surface area contributed by atoms with E-state index in [2.05, 4.69) is 5.32 Å². The number of hydrogen-bond acceptors (Lipinski definition) is 4. The monoisotopic (exact) mass is 520 g/mol. The Labute approximate surface area is 228 Å². The number of rotatable bonds is 13. The topological polar surface area (TPSA) is 86.7 Å². The molecule has 0 aromatic heterocycles. The van der Waals surface area contributed by atoms with Gasteiger partial charge in [-0.1, -0.05) is 121 Å². The van der Waals surface area contributed by atoms with Gasteiger partial charge in [0.15, 0.2) is 0 Å². The highest BCUT2D eigenvalue weighted by atomic mass is 16.4. The van der Waals surface area contributed by atoms with E-state index >= 15 is 0 Å². The summed E-state index contributed by atoms with van der Waals surface area (Å²) in [6.45, 7) is -0.769. The molecular formula is C33H32N2O4. The fraction of sp³-hybridized carbons (Fsp3) is 0.182. The molecule has 1 amide bonds. The standard InChI is InChI=1S/C33H32N2O4/c36-29(21-30(25-13-5-1-6-14-25)26-15-7-2-8-16-26)22-35(24-32(38)39)23-31(37)34-33(27-17-9-3-10-18-27)28-19-11-4-12-20-28/h1-20,30,33H,21-24H2,(H,34,37)(H,38,39). The lowest BCUT2D eigenvalue weighted by molar-refractivity contribution is -0.139. The van der Waals surface area contributed by atoms with Crippen molar-refractivity contribution in [3.63, 3.8) is 0 Å². The van der Waals surface area contributed by atoms with Crippen molar-refractivity contribution in [1.29, 1.82) is 0 Å². The van der Waals surface area contributed by atoms with Crippen LogP contribution < -0.4 is 5.32 Å². The summed E-state index contributed by atoms with van der Waals surface area (Å²) in [5, 5.41) is 12.5. The van der Waals surface area contributed by atoms with E-state index < -0.39 is 18.6 Å². The molecule has 2 N–H and O–H groups in total. The maximum absolute atomic E-state index is 13.3. The molecule has 0 saturated carbocycles. The fourth-order valence-electron chi connectivity index (χ4n) is 4.76. The Bertz CT molecular complexity index is 1170. The summed E-state index contributed by atoms with van der Waals surface area (Å²) >= 11 is 0. The first-order valence-electron chi connectivity index (χ1n) is 12.9. The summed E-state index contributed by atoms with van der Waals surface area (Å²) in [4.78, 5) is 39.5. The van der Waals surface area contributed by atoms with Crippen molar-refractivity contribution in [1.82, 2.24) is 10.2 Å². The van der Waals surface area contributed by atoms with E-state index in [1.165, 1.54) is 4.90 Å². The van der Waals surface area contributed by atoms with E-state index in [9.17, 15) is 19.5 Å². The molecule has 0 aliphatic heterocycles. The predicted octanol–water partition coefficient (Wildman–Crippen LogP) is 5.07. The van der Waals surface area contributed by atoms with E-state index in [1.54, 1.807) is 0 Å². The van der Waals surface area contributed by atoms with Gasteiger partial charge in [0.2, 0.25) is 5.91 Å². The normalized spacial score (nSPS) is 11.1. The Kier molecular flexibility index (Phi) is 9.75. The minimum absolute atomic E-state index is 0.135. The van der Waals surface area contributed by atoms with E-state index in [-0.39, 0.29) is 37.1 Å². The predicted molar refractivity (Wildman–Crippen MR) is 151 cm³/mol. The SMILES string of the molecule is O=C(O)CN(CC(=O)CC(c1ccccc1)c1ccccc1)CC(=O)NC(c1ccccc1)c1ccccc1. The van der Waals surface area contributed by atoms with Crippen molar-refractivity contribution < 1.29 is 19.5 Å². The van der Waals surface area contributed by atoms with E-state index in [4.69, 9.17) is 0 Å². The van der Waals surface area contributed by atoms with Gasteiger partial charge in [0.1, 0.15) is 5.78 Å². The summed E-state index contributed by atoms with van der Waals surface area (Å²) < 4.78 is 0. The van der Waals surface area contributed by atoms with Gasteiger partial charge < -0.3 is 10.4 Å². The van der Waals surface area contributed by atoms with Gasteiger partial charge in [-0.15, -0.1) is 0 Å². The van der Waals surface area contributed by atoms with Crippen molar-refractivity contribution in [3.8, 4) is 0 Å². The second-order valence-electron chi connectivity index (χ2n) is 9.48. The van der Waals surface area contributed by atoms with Crippen LogP contribution in [0.15, 0.2) is 121 Å². The van der Waals surface area contributed by atoms with Gasteiger partial charge in [-0.05, 0) is 22.3 Å². The minimum atomic E-state index is -1.10. The molecule has 6 heteroatoms. The Morgan fingerprint density at radius 3 is 1.41 bits per heavy atom. The summed E-state index contributed by atoms with van der Waals surface area (Å²) in [6, 6.07) is 38.3. The number of hydrogen-bond donors (Lipinski definition) is 2. The number of amides is 1.